The second-order valence-electron chi connectivity index (χ2n) is 4.60. The molecule has 2 aromatic rings. The van der Waals surface area contributed by atoms with Crippen molar-refractivity contribution < 1.29 is 0 Å². The SMILES string of the molecule is CNCc1cccc(Cn2nc(C)c(C)c2C)n1. The summed E-state index contributed by atoms with van der Waals surface area (Å²) in [6, 6.07) is 6.13. The van der Waals surface area contributed by atoms with Gasteiger partial charge in [-0.25, -0.2) is 0 Å². The van der Waals surface area contributed by atoms with Gasteiger partial charge in [0.15, 0.2) is 0 Å². The minimum atomic E-state index is 0.734. The van der Waals surface area contributed by atoms with Crippen LogP contribution in [-0.2, 0) is 13.1 Å². The molecule has 0 aromatic carbocycles. The van der Waals surface area contributed by atoms with Gasteiger partial charge in [-0.2, -0.15) is 5.10 Å². The summed E-state index contributed by atoms with van der Waals surface area (Å²) in [7, 11) is 1.93. The fourth-order valence-electron chi connectivity index (χ4n) is 1.99. The molecule has 2 aromatic heterocycles. The zero-order valence-corrected chi connectivity index (χ0v) is 11.5. The smallest absolute Gasteiger partial charge is 0.0834 e. The number of hydrogen-bond donors (Lipinski definition) is 1. The van der Waals surface area contributed by atoms with Crippen LogP contribution < -0.4 is 5.32 Å². The Kier molecular flexibility index (Phi) is 3.77. The Morgan fingerprint density at radius 2 is 1.89 bits per heavy atom. The number of nitrogens with zero attached hydrogens (tertiary/aromatic N) is 3. The molecule has 0 aliphatic carbocycles. The predicted molar refractivity (Wildman–Crippen MR) is 72.5 cm³/mol. The first-order valence-corrected chi connectivity index (χ1v) is 6.22. The van der Waals surface area contributed by atoms with Gasteiger partial charge in [-0.15, -0.1) is 0 Å². The van der Waals surface area contributed by atoms with E-state index in [9.17, 15) is 0 Å². The van der Waals surface area contributed by atoms with E-state index in [1.54, 1.807) is 0 Å². The van der Waals surface area contributed by atoms with Crippen LogP contribution in [0.2, 0.25) is 0 Å². The zero-order valence-electron chi connectivity index (χ0n) is 11.5. The summed E-state index contributed by atoms with van der Waals surface area (Å²) >= 11 is 0. The first-order valence-electron chi connectivity index (χ1n) is 6.22. The Morgan fingerprint density at radius 1 is 1.17 bits per heavy atom. The monoisotopic (exact) mass is 244 g/mol. The maximum Gasteiger partial charge on any atom is 0.0834 e. The van der Waals surface area contributed by atoms with Gasteiger partial charge in [-0.05, 0) is 45.5 Å². The van der Waals surface area contributed by atoms with E-state index >= 15 is 0 Å². The Balaban J connectivity index is 2.23. The summed E-state index contributed by atoms with van der Waals surface area (Å²) in [6.45, 7) is 7.79. The summed E-state index contributed by atoms with van der Waals surface area (Å²) < 4.78 is 2.02. The van der Waals surface area contributed by atoms with Crippen molar-refractivity contribution in [2.45, 2.75) is 33.9 Å². The molecule has 0 spiro atoms. The highest BCUT2D eigenvalue weighted by atomic mass is 15.3. The fourth-order valence-corrected chi connectivity index (χ4v) is 1.99. The molecule has 0 unspecified atom stereocenters. The van der Waals surface area contributed by atoms with Gasteiger partial charge in [0.05, 0.1) is 23.6 Å². The van der Waals surface area contributed by atoms with Crippen LogP contribution in [0.25, 0.3) is 0 Å². The van der Waals surface area contributed by atoms with E-state index in [1.165, 1.54) is 11.3 Å². The molecule has 0 saturated carbocycles. The minimum Gasteiger partial charge on any atom is -0.314 e. The van der Waals surface area contributed by atoms with Gasteiger partial charge in [0.2, 0.25) is 0 Å². The van der Waals surface area contributed by atoms with Gasteiger partial charge >= 0.3 is 0 Å². The average Bonchev–Trinajstić information content (AvgIpc) is 2.58. The number of nitrogens with one attached hydrogen (secondary N) is 1. The van der Waals surface area contributed by atoms with E-state index in [4.69, 9.17) is 0 Å². The van der Waals surface area contributed by atoms with Crippen molar-refractivity contribution in [2.75, 3.05) is 7.05 Å². The third-order valence-corrected chi connectivity index (χ3v) is 3.28. The van der Waals surface area contributed by atoms with Crippen LogP contribution in [0.15, 0.2) is 18.2 Å². The molecule has 0 atom stereocenters. The molecular formula is C14H20N4. The highest BCUT2D eigenvalue weighted by Gasteiger charge is 2.08. The first kappa shape index (κ1) is 12.8. The summed E-state index contributed by atoms with van der Waals surface area (Å²) in [5.41, 5.74) is 5.69. The summed E-state index contributed by atoms with van der Waals surface area (Å²) in [5.74, 6) is 0. The Labute approximate surface area is 108 Å². The maximum absolute atomic E-state index is 4.61. The Bertz CT molecular complexity index is 543. The van der Waals surface area contributed by atoms with Gasteiger partial charge in [-0.3, -0.25) is 9.67 Å². The standard InChI is InChI=1S/C14H20N4/c1-10-11(2)17-18(12(10)3)9-14-7-5-6-13(16-14)8-15-4/h5-7,15H,8-9H2,1-4H3. The molecule has 0 radical (unpaired) electrons. The lowest BCUT2D eigenvalue weighted by Crippen LogP contribution is -2.10. The number of rotatable bonds is 4. The Hall–Kier alpha value is -1.68. The topological polar surface area (TPSA) is 42.7 Å². The molecule has 0 fully saturated rings. The van der Waals surface area contributed by atoms with Crippen molar-refractivity contribution in [1.82, 2.24) is 20.1 Å². The lowest BCUT2D eigenvalue weighted by atomic mass is 10.2. The molecular weight excluding hydrogens is 224 g/mol. The van der Waals surface area contributed by atoms with Gasteiger partial charge in [-0.1, -0.05) is 6.07 Å². The van der Waals surface area contributed by atoms with E-state index < -0.39 is 0 Å². The van der Waals surface area contributed by atoms with E-state index in [2.05, 4.69) is 29.2 Å². The average molecular weight is 244 g/mol. The lowest BCUT2D eigenvalue weighted by molar-refractivity contribution is 0.641. The highest BCUT2D eigenvalue weighted by Crippen LogP contribution is 2.12. The van der Waals surface area contributed by atoms with Crippen LogP contribution in [0.3, 0.4) is 0 Å². The summed E-state index contributed by atoms with van der Waals surface area (Å²) in [6.07, 6.45) is 0. The Morgan fingerprint density at radius 3 is 2.50 bits per heavy atom. The number of hydrogen-bond acceptors (Lipinski definition) is 3. The van der Waals surface area contributed by atoms with Crippen molar-refractivity contribution in [3.63, 3.8) is 0 Å². The molecule has 18 heavy (non-hydrogen) atoms. The molecule has 4 nitrogen and oxygen atoms in total. The number of aryl methyl sites for hydroxylation is 1. The molecule has 2 rings (SSSR count). The summed E-state index contributed by atoms with van der Waals surface area (Å²) in [4.78, 5) is 4.61. The van der Waals surface area contributed by atoms with Crippen LogP contribution in [0.4, 0.5) is 0 Å². The maximum atomic E-state index is 4.61. The van der Waals surface area contributed by atoms with Gasteiger partial charge in [0.1, 0.15) is 0 Å². The molecule has 1 N–H and O–H groups in total. The molecule has 2 heterocycles. The number of pyridine rings is 1. The third kappa shape index (κ3) is 2.59. The highest BCUT2D eigenvalue weighted by molar-refractivity contribution is 5.23. The molecule has 0 amide bonds. The largest absolute Gasteiger partial charge is 0.314 e. The summed E-state index contributed by atoms with van der Waals surface area (Å²) in [5, 5.41) is 7.66. The van der Waals surface area contributed by atoms with E-state index in [0.717, 1.165) is 30.2 Å². The van der Waals surface area contributed by atoms with Crippen molar-refractivity contribution in [2.24, 2.45) is 0 Å². The van der Waals surface area contributed by atoms with Crippen molar-refractivity contribution in [3.8, 4) is 0 Å². The second-order valence-corrected chi connectivity index (χ2v) is 4.60. The van der Waals surface area contributed by atoms with E-state index in [0.29, 0.717) is 0 Å². The molecule has 0 aliphatic heterocycles. The van der Waals surface area contributed by atoms with Crippen LogP contribution in [0, 0.1) is 20.8 Å². The molecule has 4 heteroatoms. The van der Waals surface area contributed by atoms with Crippen molar-refractivity contribution in [1.29, 1.82) is 0 Å². The lowest BCUT2D eigenvalue weighted by Gasteiger charge is -2.06. The molecule has 0 aliphatic rings. The predicted octanol–water partition coefficient (Wildman–Crippen LogP) is 1.97. The van der Waals surface area contributed by atoms with Crippen LogP contribution in [0.5, 0.6) is 0 Å². The normalized spacial score (nSPS) is 10.9. The van der Waals surface area contributed by atoms with Crippen LogP contribution in [0.1, 0.15) is 28.3 Å². The first-order chi connectivity index (χ1) is 8.61. The van der Waals surface area contributed by atoms with Crippen molar-refractivity contribution >= 4 is 0 Å². The molecule has 0 saturated heterocycles. The van der Waals surface area contributed by atoms with Crippen molar-refractivity contribution in [3.05, 3.63) is 46.5 Å². The zero-order chi connectivity index (χ0) is 13.1. The van der Waals surface area contributed by atoms with E-state index in [1.807, 2.05) is 36.9 Å². The van der Waals surface area contributed by atoms with Gasteiger partial charge < -0.3 is 5.32 Å². The van der Waals surface area contributed by atoms with Crippen LogP contribution in [-0.4, -0.2) is 21.8 Å². The quantitative estimate of drug-likeness (QED) is 0.894. The molecule has 0 bridgehead atoms. The minimum absolute atomic E-state index is 0.734. The fraction of sp³-hybridized carbons (Fsp3) is 0.429. The van der Waals surface area contributed by atoms with Gasteiger partial charge in [0.25, 0.3) is 0 Å². The molecule has 96 valence electrons. The number of aromatic nitrogens is 3. The second kappa shape index (κ2) is 5.31. The van der Waals surface area contributed by atoms with Crippen LogP contribution >= 0.6 is 0 Å². The third-order valence-electron chi connectivity index (χ3n) is 3.28. The van der Waals surface area contributed by atoms with Gasteiger partial charge in [0, 0.05) is 12.2 Å². The van der Waals surface area contributed by atoms with E-state index in [-0.39, 0.29) is 0 Å².